The van der Waals surface area contributed by atoms with Crippen LogP contribution in [0.25, 0.3) is 0 Å². The molecule has 3 aromatic carbocycles. The third-order valence-corrected chi connectivity index (χ3v) is 4.90. The molecule has 4 N–H and O–H groups in total. The van der Waals surface area contributed by atoms with Crippen LogP contribution in [0.15, 0.2) is 60.7 Å². The van der Waals surface area contributed by atoms with Crippen molar-refractivity contribution in [1.82, 2.24) is 0 Å². The molecule has 0 bridgehead atoms. The van der Waals surface area contributed by atoms with Gasteiger partial charge in [-0.2, -0.15) is 0 Å². The average molecular weight is 499 g/mol. The lowest BCUT2D eigenvalue weighted by Gasteiger charge is -2.17. The fourth-order valence-corrected chi connectivity index (χ4v) is 3.76. The summed E-state index contributed by atoms with van der Waals surface area (Å²) in [6, 6.07) is 15.3. The first kappa shape index (κ1) is 23.0. The molecular formula is C21H15Cl4N3O3. The summed E-state index contributed by atoms with van der Waals surface area (Å²) in [5.74, 6) is -2.84. The van der Waals surface area contributed by atoms with Crippen LogP contribution in [0.5, 0.6) is 0 Å². The number of nitrogen functional groups attached to an aromatic ring is 1. The van der Waals surface area contributed by atoms with E-state index in [2.05, 4.69) is 10.8 Å². The van der Waals surface area contributed by atoms with Gasteiger partial charge in [0, 0.05) is 31.5 Å². The summed E-state index contributed by atoms with van der Waals surface area (Å²) in [5, 5.41) is 3.97. The molecule has 6 nitrogen and oxygen atoms in total. The van der Waals surface area contributed by atoms with E-state index in [1.54, 1.807) is 24.3 Å². The van der Waals surface area contributed by atoms with Gasteiger partial charge in [-0.15, -0.1) is 0 Å². The zero-order chi connectivity index (χ0) is 22.5. The minimum absolute atomic E-state index is 0.324. The molecule has 0 saturated carbocycles. The zero-order valence-corrected chi connectivity index (χ0v) is 18.7. The highest BCUT2D eigenvalue weighted by atomic mass is 35.5. The zero-order valence-electron chi connectivity index (χ0n) is 15.7. The number of nitrogens with one attached hydrogen (secondary N) is 2. The summed E-state index contributed by atoms with van der Waals surface area (Å²) in [4.78, 5) is 31.0. The van der Waals surface area contributed by atoms with Crippen LogP contribution in [0.1, 0.15) is 11.5 Å². The number of carbonyl (C=O) groups is 2. The molecule has 0 aromatic heterocycles. The molecule has 1 amide bonds. The van der Waals surface area contributed by atoms with E-state index in [9.17, 15) is 9.59 Å². The van der Waals surface area contributed by atoms with Crippen molar-refractivity contribution in [2.24, 2.45) is 0 Å². The van der Waals surface area contributed by atoms with E-state index in [4.69, 9.17) is 57.0 Å². The summed E-state index contributed by atoms with van der Waals surface area (Å²) >= 11 is 23.8. The van der Waals surface area contributed by atoms with Gasteiger partial charge in [0.25, 0.3) is 0 Å². The van der Waals surface area contributed by atoms with Crippen molar-refractivity contribution in [3.8, 4) is 0 Å². The molecule has 0 heterocycles. The maximum Gasteiger partial charge on any atom is 0.348 e. The summed E-state index contributed by atoms with van der Waals surface area (Å²) in [6.45, 7) is 0. The molecular weight excluding hydrogens is 484 g/mol. The fraction of sp³-hybridized carbons (Fsp3) is 0.0476. The molecule has 160 valence electrons. The number of hydrogen-bond donors (Lipinski definition) is 3. The van der Waals surface area contributed by atoms with Crippen LogP contribution in [0, 0.1) is 0 Å². The molecule has 31 heavy (non-hydrogen) atoms. The van der Waals surface area contributed by atoms with Gasteiger partial charge in [0.2, 0.25) is 5.91 Å². The molecule has 0 aliphatic heterocycles. The van der Waals surface area contributed by atoms with Crippen LogP contribution in [-0.2, 0) is 14.4 Å². The number of benzene rings is 3. The van der Waals surface area contributed by atoms with E-state index in [-0.39, 0.29) is 0 Å². The van der Waals surface area contributed by atoms with Crippen LogP contribution in [0.4, 0.5) is 17.1 Å². The van der Waals surface area contributed by atoms with Gasteiger partial charge in [-0.05, 0) is 54.1 Å². The van der Waals surface area contributed by atoms with Crippen molar-refractivity contribution in [1.29, 1.82) is 0 Å². The molecule has 0 spiro atoms. The molecule has 10 heteroatoms. The molecule has 1 atom stereocenters. The van der Waals surface area contributed by atoms with Crippen LogP contribution >= 0.6 is 46.4 Å². The van der Waals surface area contributed by atoms with Gasteiger partial charge in [-0.3, -0.25) is 4.79 Å². The Hall–Kier alpha value is -2.64. The van der Waals surface area contributed by atoms with Crippen LogP contribution in [-0.4, -0.2) is 11.9 Å². The number of hydrogen-bond acceptors (Lipinski definition) is 5. The van der Waals surface area contributed by atoms with Crippen molar-refractivity contribution in [2.45, 2.75) is 5.92 Å². The Morgan fingerprint density at radius 3 is 1.77 bits per heavy atom. The molecule has 0 radical (unpaired) electrons. The van der Waals surface area contributed by atoms with Crippen LogP contribution in [0.3, 0.4) is 0 Å². The van der Waals surface area contributed by atoms with Crippen molar-refractivity contribution in [2.75, 3.05) is 16.5 Å². The van der Waals surface area contributed by atoms with Crippen molar-refractivity contribution in [3.63, 3.8) is 0 Å². The highest BCUT2D eigenvalue weighted by Gasteiger charge is 2.31. The fourth-order valence-electron chi connectivity index (χ4n) is 2.70. The Bertz CT molecular complexity index is 1080. The normalized spacial score (nSPS) is 11.5. The van der Waals surface area contributed by atoms with Gasteiger partial charge >= 0.3 is 5.97 Å². The maximum atomic E-state index is 13.0. The lowest BCUT2D eigenvalue weighted by molar-refractivity contribution is -0.145. The number of amides is 1. The first-order valence-electron chi connectivity index (χ1n) is 8.76. The summed E-state index contributed by atoms with van der Waals surface area (Å²) in [7, 11) is 0. The first-order chi connectivity index (χ1) is 14.7. The number of rotatable bonds is 6. The summed E-state index contributed by atoms with van der Waals surface area (Å²) in [6.07, 6.45) is 0. The van der Waals surface area contributed by atoms with E-state index in [1.807, 2.05) is 0 Å². The second-order valence-corrected chi connectivity index (χ2v) is 8.17. The number of anilines is 3. The molecule has 3 rings (SSSR count). The Morgan fingerprint density at radius 2 is 1.26 bits per heavy atom. The van der Waals surface area contributed by atoms with E-state index >= 15 is 0 Å². The van der Waals surface area contributed by atoms with Crippen LogP contribution < -0.4 is 16.5 Å². The lowest BCUT2D eigenvalue weighted by atomic mass is 9.98. The minimum Gasteiger partial charge on any atom is -0.399 e. The largest absolute Gasteiger partial charge is 0.399 e. The number of nitrogens with two attached hydrogens (primary N) is 1. The van der Waals surface area contributed by atoms with Gasteiger partial charge in [0.05, 0.1) is 5.69 Å². The highest BCUT2D eigenvalue weighted by molar-refractivity contribution is 6.35. The predicted molar refractivity (Wildman–Crippen MR) is 125 cm³/mol. The topological polar surface area (TPSA) is 93.5 Å². The quantitative estimate of drug-likeness (QED) is 0.214. The first-order valence-corrected chi connectivity index (χ1v) is 10.3. The van der Waals surface area contributed by atoms with Gasteiger partial charge in [0.1, 0.15) is 0 Å². The lowest BCUT2D eigenvalue weighted by Crippen LogP contribution is -2.30. The molecule has 1 unspecified atom stereocenters. The standard InChI is InChI=1S/C21H15Cl4N3O3/c22-12-5-13(23)8-17(7-12)27-20(29)19(11-1-3-16(26)4-2-11)21(30)31-28-18-9-14(24)6-15(25)10-18/h1-10,19,28H,26H2,(H,27,29). The van der Waals surface area contributed by atoms with Gasteiger partial charge in [-0.25, -0.2) is 10.3 Å². The van der Waals surface area contributed by atoms with Gasteiger partial charge in [0.15, 0.2) is 5.92 Å². The summed E-state index contributed by atoms with van der Waals surface area (Å²) < 4.78 is 0. The van der Waals surface area contributed by atoms with E-state index in [0.29, 0.717) is 42.7 Å². The number of carbonyl (C=O) groups excluding carboxylic acids is 2. The third kappa shape index (κ3) is 6.42. The van der Waals surface area contributed by atoms with E-state index in [0.717, 1.165) is 0 Å². The Balaban J connectivity index is 1.83. The van der Waals surface area contributed by atoms with E-state index in [1.165, 1.54) is 36.4 Å². The average Bonchev–Trinajstić information content (AvgIpc) is 2.66. The van der Waals surface area contributed by atoms with Crippen molar-refractivity contribution in [3.05, 3.63) is 86.3 Å². The monoisotopic (exact) mass is 497 g/mol. The second-order valence-electron chi connectivity index (χ2n) is 6.43. The molecule has 0 fully saturated rings. The number of halogens is 4. The van der Waals surface area contributed by atoms with Crippen LogP contribution in [0.2, 0.25) is 20.1 Å². The Labute approximate surface area is 198 Å². The molecule has 0 saturated heterocycles. The van der Waals surface area contributed by atoms with Gasteiger partial charge < -0.3 is 15.9 Å². The van der Waals surface area contributed by atoms with E-state index < -0.39 is 17.8 Å². The van der Waals surface area contributed by atoms with Crippen molar-refractivity contribution < 1.29 is 14.4 Å². The SMILES string of the molecule is Nc1ccc(C(C(=O)Nc2cc(Cl)cc(Cl)c2)C(=O)ONc2cc(Cl)cc(Cl)c2)cc1. The second kappa shape index (κ2) is 10.1. The molecule has 0 aliphatic carbocycles. The molecule has 3 aromatic rings. The Kier molecular flexibility index (Phi) is 7.51. The predicted octanol–water partition coefficient (Wildman–Crippen LogP) is 6.18. The smallest absolute Gasteiger partial charge is 0.348 e. The molecule has 0 aliphatic rings. The Morgan fingerprint density at radius 1 is 0.774 bits per heavy atom. The third-order valence-electron chi connectivity index (χ3n) is 4.03. The van der Waals surface area contributed by atoms with Crippen molar-refractivity contribution >= 4 is 75.3 Å². The minimum atomic E-state index is -1.32. The summed E-state index contributed by atoms with van der Waals surface area (Å²) in [5.41, 5.74) is 9.68. The highest BCUT2D eigenvalue weighted by Crippen LogP contribution is 2.27. The maximum absolute atomic E-state index is 13.0. The van der Waals surface area contributed by atoms with Gasteiger partial charge in [-0.1, -0.05) is 58.5 Å².